The minimum absolute atomic E-state index is 0. The number of halogens is 3. The van der Waals surface area contributed by atoms with E-state index in [4.69, 9.17) is 0 Å². The molecule has 0 saturated carbocycles. The normalized spacial score (nSPS) is 9.44. The van der Waals surface area contributed by atoms with E-state index in [1.54, 1.807) is 18.2 Å². The van der Waals surface area contributed by atoms with Crippen molar-refractivity contribution in [2.75, 3.05) is 5.32 Å². The van der Waals surface area contributed by atoms with Gasteiger partial charge in [-0.05, 0) is 30.3 Å². The molecule has 1 aromatic carbocycles. The Morgan fingerprint density at radius 2 is 1.89 bits per heavy atom. The van der Waals surface area contributed by atoms with Gasteiger partial charge in [0.1, 0.15) is 5.82 Å². The minimum atomic E-state index is -0.476. The van der Waals surface area contributed by atoms with Crippen molar-refractivity contribution in [3.05, 3.63) is 58.6 Å². The summed E-state index contributed by atoms with van der Waals surface area (Å²) in [5.41, 5.74) is 0.570. The van der Waals surface area contributed by atoms with Crippen molar-refractivity contribution < 1.29 is 9.18 Å². The van der Waals surface area contributed by atoms with Crippen LogP contribution in [0.15, 0.2) is 47.2 Å². The van der Waals surface area contributed by atoms with Crippen LogP contribution in [0.1, 0.15) is 10.4 Å². The maximum Gasteiger partial charge on any atom is 0.255 e. The highest BCUT2D eigenvalue weighted by molar-refractivity contribution is 9.10. The van der Waals surface area contributed by atoms with Gasteiger partial charge in [-0.1, -0.05) is 15.9 Å². The standard InChI is InChI=1S/C12H8BrFN2O.ClH/c13-9-1-2-10(14)11(7-9)16-12(17)8-3-5-15-6-4-8;/h1-7H,(H,16,17);1H. The van der Waals surface area contributed by atoms with Crippen LogP contribution in [0, 0.1) is 5.82 Å². The first kappa shape index (κ1) is 14.6. The van der Waals surface area contributed by atoms with Gasteiger partial charge < -0.3 is 5.32 Å². The fourth-order valence-electron chi connectivity index (χ4n) is 1.29. The van der Waals surface area contributed by atoms with E-state index >= 15 is 0 Å². The third-order valence-corrected chi connectivity index (χ3v) is 2.61. The predicted octanol–water partition coefficient (Wildman–Crippen LogP) is 3.66. The first-order chi connectivity index (χ1) is 8.16. The Bertz CT molecular complexity index is 551. The first-order valence-electron chi connectivity index (χ1n) is 4.83. The first-order valence-corrected chi connectivity index (χ1v) is 5.62. The molecule has 1 heterocycles. The second-order valence-corrected chi connectivity index (χ2v) is 4.23. The van der Waals surface area contributed by atoms with Gasteiger partial charge in [0.05, 0.1) is 5.69 Å². The summed E-state index contributed by atoms with van der Waals surface area (Å²) in [4.78, 5) is 15.6. The van der Waals surface area contributed by atoms with Crippen LogP contribution in [0.5, 0.6) is 0 Å². The zero-order valence-electron chi connectivity index (χ0n) is 9.06. The number of carbonyl (C=O) groups is 1. The number of amides is 1. The predicted molar refractivity (Wildman–Crippen MR) is 73.5 cm³/mol. The van der Waals surface area contributed by atoms with Crippen molar-refractivity contribution in [1.29, 1.82) is 0 Å². The molecule has 0 spiro atoms. The van der Waals surface area contributed by atoms with Crippen LogP contribution < -0.4 is 5.32 Å². The van der Waals surface area contributed by atoms with Gasteiger partial charge in [-0.15, -0.1) is 12.4 Å². The smallest absolute Gasteiger partial charge is 0.255 e. The van der Waals surface area contributed by atoms with Crippen LogP contribution in [0.2, 0.25) is 0 Å². The number of aromatic nitrogens is 1. The van der Waals surface area contributed by atoms with Gasteiger partial charge in [0.15, 0.2) is 0 Å². The summed E-state index contributed by atoms with van der Waals surface area (Å²) in [5, 5.41) is 2.50. The summed E-state index contributed by atoms with van der Waals surface area (Å²) in [6, 6.07) is 7.48. The second-order valence-electron chi connectivity index (χ2n) is 3.31. The number of nitrogens with zero attached hydrogens (tertiary/aromatic N) is 1. The summed E-state index contributed by atoms with van der Waals surface area (Å²) in [6.07, 6.45) is 3.01. The Labute approximate surface area is 118 Å². The molecule has 1 N–H and O–H groups in total. The van der Waals surface area contributed by atoms with Gasteiger partial charge in [-0.3, -0.25) is 9.78 Å². The maximum absolute atomic E-state index is 13.4. The Kier molecular flexibility index (Phi) is 5.25. The SMILES string of the molecule is Cl.O=C(Nc1cc(Br)ccc1F)c1ccncc1. The fourth-order valence-corrected chi connectivity index (χ4v) is 1.65. The Hall–Kier alpha value is -1.46. The molecule has 94 valence electrons. The molecule has 6 heteroatoms. The molecule has 0 aliphatic rings. The number of hydrogen-bond donors (Lipinski definition) is 1. The summed E-state index contributed by atoms with van der Waals surface area (Å²) >= 11 is 3.21. The van der Waals surface area contributed by atoms with Crippen molar-refractivity contribution in [1.82, 2.24) is 4.98 Å². The second kappa shape index (κ2) is 6.47. The molecular weight excluding hydrogens is 323 g/mol. The van der Waals surface area contributed by atoms with Crippen LogP contribution in [-0.4, -0.2) is 10.9 Å². The van der Waals surface area contributed by atoms with Gasteiger partial charge >= 0.3 is 0 Å². The molecule has 0 unspecified atom stereocenters. The summed E-state index contributed by atoms with van der Waals surface area (Å²) < 4.78 is 14.1. The zero-order valence-corrected chi connectivity index (χ0v) is 11.5. The van der Waals surface area contributed by atoms with Crippen LogP contribution >= 0.6 is 28.3 Å². The van der Waals surface area contributed by atoms with Crippen LogP contribution in [0.3, 0.4) is 0 Å². The molecule has 0 radical (unpaired) electrons. The average molecular weight is 332 g/mol. The number of benzene rings is 1. The van der Waals surface area contributed by atoms with E-state index in [0.29, 0.717) is 10.0 Å². The molecule has 0 saturated heterocycles. The van der Waals surface area contributed by atoms with Crippen molar-refractivity contribution in [3.63, 3.8) is 0 Å². The monoisotopic (exact) mass is 330 g/mol. The van der Waals surface area contributed by atoms with Gasteiger partial charge in [0, 0.05) is 22.4 Å². The Balaban J connectivity index is 0.00000162. The molecule has 0 aliphatic heterocycles. The molecule has 0 bridgehead atoms. The van der Waals surface area contributed by atoms with E-state index in [1.165, 1.54) is 24.5 Å². The lowest BCUT2D eigenvalue weighted by molar-refractivity contribution is 0.102. The quantitative estimate of drug-likeness (QED) is 0.912. The number of hydrogen-bond acceptors (Lipinski definition) is 2. The van der Waals surface area contributed by atoms with Gasteiger partial charge in [0.25, 0.3) is 5.91 Å². The molecule has 0 atom stereocenters. The van der Waals surface area contributed by atoms with E-state index in [-0.39, 0.29) is 24.0 Å². The van der Waals surface area contributed by atoms with Crippen LogP contribution in [0.25, 0.3) is 0 Å². The largest absolute Gasteiger partial charge is 0.319 e. The highest BCUT2D eigenvalue weighted by Crippen LogP contribution is 2.20. The average Bonchev–Trinajstić information content (AvgIpc) is 2.35. The molecule has 2 rings (SSSR count). The molecule has 2 aromatic rings. The van der Waals surface area contributed by atoms with E-state index in [9.17, 15) is 9.18 Å². The van der Waals surface area contributed by atoms with E-state index in [0.717, 1.165) is 0 Å². The molecule has 3 nitrogen and oxygen atoms in total. The van der Waals surface area contributed by atoms with Crippen molar-refractivity contribution in [3.8, 4) is 0 Å². The van der Waals surface area contributed by atoms with Gasteiger partial charge in [-0.25, -0.2) is 4.39 Å². The van der Waals surface area contributed by atoms with E-state index < -0.39 is 5.82 Å². The van der Waals surface area contributed by atoms with Crippen molar-refractivity contribution >= 4 is 39.9 Å². The lowest BCUT2D eigenvalue weighted by Gasteiger charge is -2.06. The van der Waals surface area contributed by atoms with E-state index in [1.807, 2.05) is 0 Å². The molecule has 0 fully saturated rings. The molecule has 1 aromatic heterocycles. The summed E-state index contributed by atoms with van der Waals surface area (Å²) in [7, 11) is 0. The molecule has 0 aliphatic carbocycles. The maximum atomic E-state index is 13.4. The van der Waals surface area contributed by atoms with Crippen molar-refractivity contribution in [2.24, 2.45) is 0 Å². The summed E-state index contributed by atoms with van der Waals surface area (Å²) in [6.45, 7) is 0. The third kappa shape index (κ3) is 3.51. The number of carbonyl (C=O) groups excluding carboxylic acids is 1. The zero-order chi connectivity index (χ0) is 12.3. The molecule has 18 heavy (non-hydrogen) atoms. The molecular formula is C12H9BrClFN2O. The van der Waals surface area contributed by atoms with Gasteiger partial charge in [-0.2, -0.15) is 0 Å². The van der Waals surface area contributed by atoms with Gasteiger partial charge in [0.2, 0.25) is 0 Å². The lowest BCUT2D eigenvalue weighted by Crippen LogP contribution is -2.12. The highest BCUT2D eigenvalue weighted by Gasteiger charge is 2.09. The fraction of sp³-hybridized carbons (Fsp3) is 0. The number of pyridine rings is 1. The lowest BCUT2D eigenvalue weighted by atomic mass is 10.2. The third-order valence-electron chi connectivity index (χ3n) is 2.12. The van der Waals surface area contributed by atoms with E-state index in [2.05, 4.69) is 26.2 Å². The Morgan fingerprint density at radius 1 is 1.22 bits per heavy atom. The number of rotatable bonds is 2. The Morgan fingerprint density at radius 3 is 2.56 bits per heavy atom. The van der Waals surface area contributed by atoms with Crippen LogP contribution in [0.4, 0.5) is 10.1 Å². The highest BCUT2D eigenvalue weighted by atomic mass is 79.9. The molecule has 1 amide bonds. The number of anilines is 1. The topological polar surface area (TPSA) is 42.0 Å². The van der Waals surface area contributed by atoms with Crippen molar-refractivity contribution in [2.45, 2.75) is 0 Å². The summed E-state index contributed by atoms with van der Waals surface area (Å²) in [5.74, 6) is -0.847. The number of nitrogens with one attached hydrogen (secondary N) is 1. The van der Waals surface area contributed by atoms with Crippen LogP contribution in [-0.2, 0) is 0 Å². The minimum Gasteiger partial charge on any atom is -0.319 e.